The number of amides is 1. The number of nitrogens with zero attached hydrogens (tertiary/aromatic N) is 1. The standard InChI is InChI=1S/C21H16N2O5/c1-14(24)22-17-6-2-15(3-7-17)20(25)12-10-19-11-13-21(28-19)16-4-8-18(9-5-16)23(26)27/h2-13H,1H3,(H,22,24). The number of hydrogen-bond donors (Lipinski definition) is 1. The van der Waals surface area contributed by atoms with Gasteiger partial charge in [0, 0.05) is 35.9 Å². The molecule has 7 nitrogen and oxygen atoms in total. The molecule has 0 aliphatic heterocycles. The molecule has 0 aliphatic rings. The number of rotatable bonds is 6. The van der Waals surface area contributed by atoms with Crippen molar-refractivity contribution in [2.24, 2.45) is 0 Å². The van der Waals surface area contributed by atoms with Gasteiger partial charge in [-0.3, -0.25) is 19.7 Å². The van der Waals surface area contributed by atoms with Crippen molar-refractivity contribution in [3.63, 3.8) is 0 Å². The Balaban J connectivity index is 1.68. The first kappa shape index (κ1) is 18.8. The van der Waals surface area contributed by atoms with Crippen LogP contribution in [0.5, 0.6) is 0 Å². The second-order valence-electron chi connectivity index (χ2n) is 5.96. The summed E-state index contributed by atoms with van der Waals surface area (Å²) >= 11 is 0. The molecule has 0 fully saturated rings. The summed E-state index contributed by atoms with van der Waals surface area (Å²) in [7, 11) is 0. The zero-order chi connectivity index (χ0) is 20.1. The molecule has 7 heteroatoms. The van der Waals surface area contributed by atoms with Crippen molar-refractivity contribution < 1.29 is 18.9 Å². The number of furan rings is 1. The third kappa shape index (κ3) is 4.59. The summed E-state index contributed by atoms with van der Waals surface area (Å²) in [5.74, 6) is 0.640. The molecule has 1 heterocycles. The Hall–Kier alpha value is -4.00. The summed E-state index contributed by atoms with van der Waals surface area (Å²) < 4.78 is 5.66. The van der Waals surface area contributed by atoms with E-state index in [1.54, 1.807) is 54.6 Å². The van der Waals surface area contributed by atoms with Crippen molar-refractivity contribution in [2.45, 2.75) is 6.92 Å². The smallest absolute Gasteiger partial charge is 0.269 e. The van der Waals surface area contributed by atoms with E-state index < -0.39 is 4.92 Å². The quantitative estimate of drug-likeness (QED) is 0.290. The average molecular weight is 376 g/mol. The molecule has 0 radical (unpaired) electrons. The number of anilines is 1. The molecule has 0 saturated carbocycles. The van der Waals surface area contributed by atoms with E-state index in [0.717, 1.165) is 0 Å². The molecule has 140 valence electrons. The van der Waals surface area contributed by atoms with Gasteiger partial charge in [0.15, 0.2) is 5.78 Å². The number of carbonyl (C=O) groups excluding carboxylic acids is 2. The first-order valence-electron chi connectivity index (χ1n) is 8.37. The molecule has 0 atom stereocenters. The monoisotopic (exact) mass is 376 g/mol. The Kier molecular flexibility index (Phi) is 5.45. The maximum absolute atomic E-state index is 12.2. The second kappa shape index (κ2) is 8.13. The van der Waals surface area contributed by atoms with Gasteiger partial charge in [-0.2, -0.15) is 0 Å². The van der Waals surface area contributed by atoms with Gasteiger partial charge >= 0.3 is 0 Å². The highest BCUT2D eigenvalue weighted by Gasteiger charge is 2.08. The van der Waals surface area contributed by atoms with Crippen LogP contribution in [0.25, 0.3) is 17.4 Å². The summed E-state index contributed by atoms with van der Waals surface area (Å²) in [5.41, 5.74) is 1.80. The van der Waals surface area contributed by atoms with E-state index in [0.29, 0.717) is 28.3 Å². The zero-order valence-electron chi connectivity index (χ0n) is 14.9. The van der Waals surface area contributed by atoms with E-state index in [4.69, 9.17) is 4.42 Å². The Morgan fingerprint density at radius 1 is 1.00 bits per heavy atom. The largest absolute Gasteiger partial charge is 0.457 e. The lowest BCUT2D eigenvalue weighted by atomic mass is 10.1. The Bertz CT molecular complexity index is 1050. The van der Waals surface area contributed by atoms with Gasteiger partial charge in [0.1, 0.15) is 11.5 Å². The summed E-state index contributed by atoms with van der Waals surface area (Å²) in [6.07, 6.45) is 2.95. The lowest BCUT2D eigenvalue weighted by molar-refractivity contribution is -0.384. The van der Waals surface area contributed by atoms with Crippen LogP contribution in [0.4, 0.5) is 11.4 Å². The van der Waals surface area contributed by atoms with Crippen molar-refractivity contribution in [3.05, 3.63) is 88.2 Å². The number of non-ortho nitro benzene ring substituents is 1. The maximum atomic E-state index is 12.2. The fourth-order valence-electron chi connectivity index (χ4n) is 2.52. The molecule has 3 aromatic rings. The van der Waals surface area contributed by atoms with Crippen molar-refractivity contribution in [2.75, 3.05) is 5.32 Å². The van der Waals surface area contributed by atoms with E-state index in [-0.39, 0.29) is 17.4 Å². The normalized spacial score (nSPS) is 10.8. The molecule has 0 bridgehead atoms. The lowest BCUT2D eigenvalue weighted by Gasteiger charge is -2.02. The van der Waals surface area contributed by atoms with E-state index in [1.807, 2.05) is 0 Å². The molecule has 28 heavy (non-hydrogen) atoms. The number of hydrogen-bond acceptors (Lipinski definition) is 5. The molecule has 1 aromatic heterocycles. The van der Waals surface area contributed by atoms with Gasteiger partial charge in [-0.25, -0.2) is 0 Å². The van der Waals surface area contributed by atoms with Gasteiger partial charge < -0.3 is 9.73 Å². The Morgan fingerprint density at radius 3 is 2.29 bits per heavy atom. The van der Waals surface area contributed by atoms with Crippen LogP contribution in [0.15, 0.2) is 71.2 Å². The summed E-state index contributed by atoms with van der Waals surface area (Å²) in [4.78, 5) is 33.5. The highest BCUT2D eigenvalue weighted by molar-refractivity contribution is 6.07. The number of nitro groups is 1. The number of allylic oxidation sites excluding steroid dienone is 1. The molecule has 0 spiro atoms. The lowest BCUT2D eigenvalue weighted by Crippen LogP contribution is -2.05. The van der Waals surface area contributed by atoms with Crippen LogP contribution in [0, 0.1) is 10.1 Å². The molecule has 1 amide bonds. The predicted octanol–water partition coefficient (Wildman–Crippen LogP) is 4.71. The van der Waals surface area contributed by atoms with Crippen LogP contribution >= 0.6 is 0 Å². The molecule has 2 aromatic carbocycles. The molecular weight excluding hydrogens is 360 g/mol. The van der Waals surface area contributed by atoms with E-state index in [2.05, 4.69) is 5.32 Å². The molecule has 1 N–H and O–H groups in total. The van der Waals surface area contributed by atoms with E-state index in [9.17, 15) is 19.7 Å². The van der Waals surface area contributed by atoms with Crippen molar-refractivity contribution >= 4 is 29.1 Å². The molecule has 0 unspecified atom stereocenters. The van der Waals surface area contributed by atoms with Gasteiger partial charge in [-0.1, -0.05) is 0 Å². The van der Waals surface area contributed by atoms with Gasteiger partial charge in [0.25, 0.3) is 5.69 Å². The maximum Gasteiger partial charge on any atom is 0.269 e. The third-order valence-electron chi connectivity index (χ3n) is 3.88. The van der Waals surface area contributed by atoms with E-state index >= 15 is 0 Å². The number of nitro benzene ring substituents is 1. The topological polar surface area (TPSA) is 102 Å². The summed E-state index contributed by atoms with van der Waals surface area (Å²) in [6, 6.07) is 16.0. The Labute approximate surface area is 160 Å². The summed E-state index contributed by atoms with van der Waals surface area (Å²) in [6.45, 7) is 1.41. The molecule has 3 rings (SSSR count). The van der Waals surface area contributed by atoms with Crippen molar-refractivity contribution in [1.82, 2.24) is 0 Å². The molecule has 0 aliphatic carbocycles. The number of nitrogens with one attached hydrogen (secondary N) is 1. The number of carbonyl (C=O) groups is 2. The minimum atomic E-state index is -0.464. The van der Waals surface area contributed by atoms with Crippen LogP contribution in [0.2, 0.25) is 0 Å². The minimum absolute atomic E-state index is 0.00513. The minimum Gasteiger partial charge on any atom is -0.457 e. The fraction of sp³-hybridized carbons (Fsp3) is 0.0476. The molecule has 0 saturated heterocycles. The van der Waals surface area contributed by atoms with Gasteiger partial charge in [-0.05, 0) is 60.7 Å². The average Bonchev–Trinajstić information content (AvgIpc) is 3.15. The second-order valence-corrected chi connectivity index (χ2v) is 5.96. The number of ketones is 1. The van der Waals surface area contributed by atoms with Gasteiger partial charge in [-0.15, -0.1) is 0 Å². The van der Waals surface area contributed by atoms with Crippen molar-refractivity contribution in [1.29, 1.82) is 0 Å². The van der Waals surface area contributed by atoms with Crippen LogP contribution < -0.4 is 5.32 Å². The SMILES string of the molecule is CC(=O)Nc1ccc(C(=O)C=Cc2ccc(-c3ccc([N+](=O)[O-])cc3)o2)cc1. The van der Waals surface area contributed by atoms with Crippen LogP contribution in [0.3, 0.4) is 0 Å². The third-order valence-corrected chi connectivity index (χ3v) is 3.88. The Morgan fingerprint density at radius 2 is 1.68 bits per heavy atom. The van der Waals surface area contributed by atoms with E-state index in [1.165, 1.54) is 25.1 Å². The predicted molar refractivity (Wildman–Crippen MR) is 105 cm³/mol. The van der Waals surface area contributed by atoms with Gasteiger partial charge in [0.05, 0.1) is 4.92 Å². The van der Waals surface area contributed by atoms with Crippen LogP contribution in [0.1, 0.15) is 23.0 Å². The highest BCUT2D eigenvalue weighted by Crippen LogP contribution is 2.25. The first-order valence-corrected chi connectivity index (χ1v) is 8.37. The van der Waals surface area contributed by atoms with Gasteiger partial charge in [0.2, 0.25) is 5.91 Å². The van der Waals surface area contributed by atoms with Crippen LogP contribution in [-0.2, 0) is 4.79 Å². The molecular formula is C21H16N2O5. The highest BCUT2D eigenvalue weighted by atomic mass is 16.6. The first-order chi connectivity index (χ1) is 13.4. The fourth-order valence-corrected chi connectivity index (χ4v) is 2.52. The van der Waals surface area contributed by atoms with Crippen LogP contribution in [-0.4, -0.2) is 16.6 Å². The van der Waals surface area contributed by atoms with Crippen molar-refractivity contribution in [3.8, 4) is 11.3 Å². The zero-order valence-corrected chi connectivity index (χ0v) is 14.9. The summed E-state index contributed by atoms with van der Waals surface area (Å²) in [5, 5.41) is 13.3. The number of benzene rings is 2.